The summed E-state index contributed by atoms with van der Waals surface area (Å²) in [4.78, 5) is 17.6. The Balaban J connectivity index is 1.22. The summed E-state index contributed by atoms with van der Waals surface area (Å²) in [5, 5.41) is 24.0. The van der Waals surface area contributed by atoms with Gasteiger partial charge in [0.05, 0.1) is 11.5 Å². The molecule has 1 saturated carbocycles. The Morgan fingerprint density at radius 3 is 2.71 bits per heavy atom. The van der Waals surface area contributed by atoms with E-state index in [2.05, 4.69) is 21.8 Å². The number of carbonyl (C=O) groups is 1. The van der Waals surface area contributed by atoms with Crippen molar-refractivity contribution in [2.45, 2.75) is 67.7 Å². The number of amides is 1. The summed E-state index contributed by atoms with van der Waals surface area (Å²) in [5.74, 6) is -0.241. The van der Waals surface area contributed by atoms with E-state index in [0.29, 0.717) is 37.0 Å². The number of likely N-dealkylation sites (N-methyl/N-ethyl adjacent to an activating group) is 1. The topological polar surface area (TPSA) is 82.5 Å². The van der Waals surface area contributed by atoms with Gasteiger partial charge in [0.25, 0.3) is 0 Å². The first kappa shape index (κ1) is 29.7. The maximum atomic E-state index is 13.7. The zero-order valence-corrected chi connectivity index (χ0v) is 24.8. The number of carbonyl (C=O) groups excluding carboxylic acids is 1. The fourth-order valence-corrected chi connectivity index (χ4v) is 8.57. The molecule has 2 heterocycles. The van der Waals surface area contributed by atoms with Crippen molar-refractivity contribution in [2.24, 2.45) is 0 Å². The number of nitrogens with zero attached hydrogens (tertiary/aromatic N) is 2. The van der Waals surface area contributed by atoms with E-state index in [-0.39, 0.29) is 29.6 Å². The van der Waals surface area contributed by atoms with Crippen LogP contribution in [0.3, 0.4) is 0 Å². The minimum atomic E-state index is -4.82. The molecule has 2 aliphatic carbocycles. The summed E-state index contributed by atoms with van der Waals surface area (Å²) in [5.41, 5.74) is 1.33. The molecule has 10 heteroatoms. The second kappa shape index (κ2) is 10.8. The lowest BCUT2D eigenvalue weighted by molar-refractivity contribution is -0.274. The van der Waals surface area contributed by atoms with Crippen LogP contribution in [0.1, 0.15) is 41.5 Å². The van der Waals surface area contributed by atoms with Gasteiger partial charge in [-0.25, -0.2) is 0 Å². The normalized spacial score (nSPS) is 28.4. The largest absolute Gasteiger partial charge is 0.573 e. The van der Waals surface area contributed by atoms with Crippen molar-refractivity contribution in [2.75, 3.05) is 20.1 Å². The first-order valence-electron chi connectivity index (χ1n) is 15.3. The van der Waals surface area contributed by atoms with Crippen LogP contribution >= 0.6 is 0 Å². The minimum Gasteiger partial charge on any atom is -0.504 e. The molecule has 3 aromatic rings. The molecule has 2 fully saturated rings. The van der Waals surface area contributed by atoms with Crippen LogP contribution in [0.4, 0.5) is 13.2 Å². The van der Waals surface area contributed by atoms with Gasteiger partial charge in [0.2, 0.25) is 5.91 Å². The number of halogens is 3. The van der Waals surface area contributed by atoms with Crippen LogP contribution < -0.4 is 9.47 Å². The SMILES string of the molecule is CN(C(=O)C=Cc1cccc(OC(F)(F)F)c1)[C@@H]1CC[C@@H]2Oc3c(O)ccc4c3[C@@]23CCN(CCc2ccccc2)[C@H](C4)[C@]13O. The molecule has 0 unspecified atom stereocenters. The molecule has 3 aromatic carbocycles. The van der Waals surface area contributed by atoms with Crippen molar-refractivity contribution in [3.05, 3.63) is 95.1 Å². The molecule has 2 N–H and O–H groups in total. The van der Waals surface area contributed by atoms with Gasteiger partial charge in [-0.05, 0) is 79.6 Å². The molecule has 1 amide bonds. The number of rotatable bonds is 7. The lowest BCUT2D eigenvalue weighted by Crippen LogP contribution is -2.81. The summed E-state index contributed by atoms with van der Waals surface area (Å²) in [6, 6.07) is 18.4. The van der Waals surface area contributed by atoms with E-state index in [1.807, 2.05) is 24.3 Å². The number of aliphatic hydroxyl groups is 1. The molecule has 1 saturated heterocycles. The van der Waals surface area contributed by atoms with Crippen LogP contribution in [0.2, 0.25) is 0 Å². The van der Waals surface area contributed by atoms with Gasteiger partial charge < -0.3 is 24.6 Å². The number of hydrogen-bond donors (Lipinski definition) is 2. The van der Waals surface area contributed by atoms with E-state index in [4.69, 9.17) is 4.74 Å². The predicted molar refractivity (Wildman–Crippen MR) is 161 cm³/mol. The first-order valence-corrected chi connectivity index (χ1v) is 15.3. The van der Waals surface area contributed by atoms with E-state index in [0.717, 1.165) is 30.6 Å². The molecule has 2 bridgehead atoms. The van der Waals surface area contributed by atoms with Crippen molar-refractivity contribution in [1.29, 1.82) is 0 Å². The Bertz CT molecular complexity index is 1650. The number of phenolic OH excluding ortho intramolecular Hbond substituents is 1. The molecule has 5 atom stereocenters. The van der Waals surface area contributed by atoms with Crippen molar-refractivity contribution in [1.82, 2.24) is 9.80 Å². The van der Waals surface area contributed by atoms with Gasteiger partial charge in [0, 0.05) is 31.3 Å². The molecule has 1 spiro atoms. The maximum absolute atomic E-state index is 13.7. The standard InChI is InChI=1S/C35H35F3N2O5/c1-39(30(42)15-10-23-8-5-9-25(20-23)45-35(36,37)38)27-13-14-29-33-17-19-40(18-16-22-6-3-2-4-7-22)28(34(27,33)43)21-24-11-12-26(41)32(44-29)31(24)33/h2-12,15,20,27-29,41,43H,13-14,16-19,21H2,1H3/t27-,28-,29+,33-,34-/m1/s1. The fraction of sp³-hybridized carbons (Fsp3) is 0.400. The third-order valence-electron chi connectivity index (χ3n) is 10.4. The first-order chi connectivity index (χ1) is 21.5. The van der Waals surface area contributed by atoms with Gasteiger partial charge in [-0.15, -0.1) is 13.2 Å². The van der Waals surface area contributed by atoms with Gasteiger partial charge in [0.1, 0.15) is 17.5 Å². The number of likely N-dealkylation sites (tertiary alicyclic amines) is 1. The number of piperidine rings is 1. The van der Waals surface area contributed by atoms with Gasteiger partial charge in [-0.2, -0.15) is 0 Å². The Hall–Kier alpha value is -4.02. The molecule has 7 rings (SSSR count). The van der Waals surface area contributed by atoms with Crippen molar-refractivity contribution in [3.63, 3.8) is 0 Å². The van der Waals surface area contributed by atoms with E-state index in [1.54, 1.807) is 24.1 Å². The number of ether oxygens (including phenoxy) is 2. The van der Waals surface area contributed by atoms with Crippen LogP contribution in [-0.2, 0) is 23.1 Å². The van der Waals surface area contributed by atoms with E-state index in [9.17, 15) is 28.2 Å². The zero-order chi connectivity index (χ0) is 31.6. The average Bonchev–Trinajstić information content (AvgIpc) is 3.35. The van der Waals surface area contributed by atoms with Crippen LogP contribution in [-0.4, -0.2) is 76.2 Å². The van der Waals surface area contributed by atoms with Gasteiger partial charge in [-0.1, -0.05) is 48.5 Å². The third-order valence-corrected chi connectivity index (χ3v) is 10.4. The van der Waals surface area contributed by atoms with Gasteiger partial charge >= 0.3 is 6.36 Å². The number of alkyl halides is 3. The van der Waals surface area contributed by atoms with E-state index >= 15 is 0 Å². The highest BCUT2D eigenvalue weighted by molar-refractivity contribution is 5.92. The quantitative estimate of drug-likeness (QED) is 0.353. The molecule has 7 nitrogen and oxygen atoms in total. The third kappa shape index (κ3) is 4.77. The molecule has 0 radical (unpaired) electrons. The molecule has 236 valence electrons. The fourth-order valence-electron chi connectivity index (χ4n) is 8.57. The van der Waals surface area contributed by atoms with Crippen LogP contribution in [0.5, 0.6) is 17.2 Å². The van der Waals surface area contributed by atoms with E-state index in [1.165, 1.54) is 35.9 Å². The Morgan fingerprint density at radius 1 is 1.13 bits per heavy atom. The highest BCUT2D eigenvalue weighted by Crippen LogP contribution is 2.66. The van der Waals surface area contributed by atoms with Gasteiger partial charge in [0.15, 0.2) is 11.5 Å². The lowest BCUT2D eigenvalue weighted by Gasteiger charge is -2.66. The number of benzene rings is 3. The summed E-state index contributed by atoms with van der Waals surface area (Å²) in [7, 11) is 1.67. The predicted octanol–water partition coefficient (Wildman–Crippen LogP) is 5.23. The average molecular weight is 621 g/mol. The Labute approximate surface area is 259 Å². The smallest absolute Gasteiger partial charge is 0.504 e. The van der Waals surface area contributed by atoms with Crippen molar-refractivity contribution in [3.8, 4) is 17.2 Å². The van der Waals surface area contributed by atoms with Crippen molar-refractivity contribution >= 4 is 12.0 Å². The van der Waals surface area contributed by atoms with Crippen LogP contribution in [0, 0.1) is 0 Å². The van der Waals surface area contributed by atoms with Crippen LogP contribution in [0.25, 0.3) is 6.08 Å². The van der Waals surface area contributed by atoms with E-state index < -0.39 is 23.4 Å². The monoisotopic (exact) mass is 620 g/mol. The number of aromatic hydroxyl groups is 1. The highest BCUT2D eigenvalue weighted by Gasteiger charge is 2.74. The van der Waals surface area contributed by atoms with Gasteiger partial charge in [-0.3, -0.25) is 9.69 Å². The number of hydrogen-bond acceptors (Lipinski definition) is 6. The second-order valence-electron chi connectivity index (χ2n) is 12.6. The minimum absolute atomic E-state index is 0.0606. The maximum Gasteiger partial charge on any atom is 0.573 e. The van der Waals surface area contributed by atoms with Crippen molar-refractivity contribution < 1.29 is 37.7 Å². The molecule has 2 aliphatic heterocycles. The number of phenols is 1. The zero-order valence-electron chi connectivity index (χ0n) is 24.8. The highest BCUT2D eigenvalue weighted by atomic mass is 19.4. The second-order valence-corrected chi connectivity index (χ2v) is 12.6. The lowest BCUT2D eigenvalue weighted by atomic mass is 9.47. The molecular formula is C35H35F3N2O5. The Kier molecular flexibility index (Phi) is 7.13. The summed E-state index contributed by atoms with van der Waals surface area (Å²) in [6.07, 6.45) is 0.670. The molecule has 4 aliphatic rings. The summed E-state index contributed by atoms with van der Waals surface area (Å²) < 4.78 is 48.6. The van der Waals surface area contributed by atoms with Crippen LogP contribution in [0.15, 0.2) is 72.8 Å². The Morgan fingerprint density at radius 2 is 1.93 bits per heavy atom. The molecule has 0 aromatic heterocycles. The summed E-state index contributed by atoms with van der Waals surface area (Å²) in [6.45, 7) is 1.48. The molecular weight excluding hydrogens is 585 g/mol. The molecule has 45 heavy (non-hydrogen) atoms. The summed E-state index contributed by atoms with van der Waals surface area (Å²) >= 11 is 0.